The summed E-state index contributed by atoms with van der Waals surface area (Å²) in [6, 6.07) is 14.4. The number of nitrogens with zero attached hydrogens (tertiary/aromatic N) is 4. The van der Waals surface area contributed by atoms with Crippen molar-refractivity contribution in [3.8, 4) is 6.01 Å². The lowest BCUT2D eigenvalue weighted by molar-refractivity contribution is 0.102. The highest BCUT2D eigenvalue weighted by atomic mass is 16.5. The van der Waals surface area contributed by atoms with Crippen LogP contribution in [0.1, 0.15) is 29.9 Å². The van der Waals surface area contributed by atoms with E-state index in [-0.39, 0.29) is 11.9 Å². The monoisotopic (exact) mass is 456 g/mol. The Hall–Kier alpha value is -3.78. The van der Waals surface area contributed by atoms with Gasteiger partial charge in [0.25, 0.3) is 5.91 Å². The summed E-state index contributed by atoms with van der Waals surface area (Å²) in [6.07, 6.45) is 1.74. The third-order valence-electron chi connectivity index (χ3n) is 6.12. The number of amides is 1. The van der Waals surface area contributed by atoms with Crippen LogP contribution in [0.5, 0.6) is 6.01 Å². The first-order chi connectivity index (χ1) is 16.4. The van der Waals surface area contributed by atoms with Gasteiger partial charge in [-0.3, -0.25) is 9.78 Å². The fraction of sp³-hybridized carbons (Fsp3) is 0.308. The van der Waals surface area contributed by atoms with Gasteiger partial charge in [-0.1, -0.05) is 6.07 Å². The molecule has 8 heteroatoms. The molecule has 1 aliphatic heterocycles. The second kappa shape index (κ2) is 8.87. The predicted octanol–water partition coefficient (Wildman–Crippen LogP) is 3.93. The summed E-state index contributed by atoms with van der Waals surface area (Å²) in [5.74, 6) is -0.237. The van der Waals surface area contributed by atoms with Crippen LogP contribution in [-0.2, 0) is 0 Å². The van der Waals surface area contributed by atoms with Gasteiger partial charge in [-0.25, -0.2) is 4.98 Å². The van der Waals surface area contributed by atoms with E-state index < -0.39 is 0 Å². The van der Waals surface area contributed by atoms with Gasteiger partial charge in [-0.15, -0.1) is 0 Å². The number of nitrogens with one attached hydrogen (secondary N) is 2. The van der Waals surface area contributed by atoms with Crippen molar-refractivity contribution >= 4 is 39.1 Å². The van der Waals surface area contributed by atoms with E-state index in [9.17, 15) is 4.79 Å². The van der Waals surface area contributed by atoms with E-state index in [1.54, 1.807) is 6.20 Å². The molecule has 5 rings (SSSR count). The maximum atomic E-state index is 13.4. The molecule has 2 aromatic heterocycles. The zero-order valence-electron chi connectivity index (χ0n) is 19.8. The highest BCUT2D eigenvalue weighted by Crippen LogP contribution is 2.31. The minimum atomic E-state index is -0.237. The number of anilines is 2. The zero-order valence-corrected chi connectivity index (χ0v) is 19.8. The van der Waals surface area contributed by atoms with Gasteiger partial charge < -0.3 is 20.3 Å². The molecule has 0 saturated carbocycles. The number of methoxy groups -OCH3 is 1. The van der Waals surface area contributed by atoms with Crippen LogP contribution in [0.3, 0.4) is 0 Å². The molecule has 1 amide bonds. The van der Waals surface area contributed by atoms with Crippen LogP contribution in [0.15, 0.2) is 48.7 Å². The Bertz CT molecular complexity index is 1380. The minimum absolute atomic E-state index is 0.230. The summed E-state index contributed by atoms with van der Waals surface area (Å²) in [7, 11) is 1.52. The number of benzene rings is 2. The van der Waals surface area contributed by atoms with Crippen LogP contribution in [0, 0.1) is 6.92 Å². The average Bonchev–Trinajstić information content (AvgIpc) is 2.82. The van der Waals surface area contributed by atoms with E-state index in [0.717, 1.165) is 40.8 Å². The van der Waals surface area contributed by atoms with Crippen LogP contribution in [-0.4, -0.2) is 53.1 Å². The quantitative estimate of drug-likeness (QED) is 0.481. The molecule has 34 heavy (non-hydrogen) atoms. The van der Waals surface area contributed by atoms with Gasteiger partial charge in [0.05, 0.1) is 23.7 Å². The smallest absolute Gasteiger partial charge is 0.316 e. The van der Waals surface area contributed by atoms with Gasteiger partial charge in [0.2, 0.25) is 0 Å². The van der Waals surface area contributed by atoms with Crippen molar-refractivity contribution in [2.45, 2.75) is 32.9 Å². The van der Waals surface area contributed by atoms with Gasteiger partial charge in [0, 0.05) is 59.2 Å². The molecule has 174 valence electrons. The zero-order chi connectivity index (χ0) is 23.8. The summed E-state index contributed by atoms with van der Waals surface area (Å²) in [5.41, 5.74) is 4.60. The standard InChI is InChI=1S/C26H28N6O2/c1-15-5-6-18-11-19(7-9-22(18)29-15)30-25(33)20-8-10-23(32-13-16(2)28-17(3)14-32)21-12-27-26(34-4)31-24(20)21/h5-12,16-17,28H,13-14H2,1-4H3,(H,30,33). The Balaban J connectivity index is 1.52. The average molecular weight is 457 g/mol. The number of carbonyl (C=O) groups excluding carboxylic acids is 1. The van der Waals surface area contributed by atoms with Crippen molar-refractivity contribution in [1.29, 1.82) is 0 Å². The molecule has 3 heterocycles. The molecule has 2 aromatic carbocycles. The summed E-state index contributed by atoms with van der Waals surface area (Å²) in [5, 5.41) is 8.37. The minimum Gasteiger partial charge on any atom is -0.467 e. The van der Waals surface area contributed by atoms with Crippen molar-refractivity contribution in [2.75, 3.05) is 30.4 Å². The summed E-state index contributed by atoms with van der Waals surface area (Å²) in [4.78, 5) is 29.1. The van der Waals surface area contributed by atoms with E-state index in [1.807, 2.05) is 49.4 Å². The number of carbonyl (C=O) groups is 1. The summed E-state index contributed by atoms with van der Waals surface area (Å²) in [6.45, 7) is 8.03. The first-order valence-electron chi connectivity index (χ1n) is 11.4. The molecule has 0 spiro atoms. The lowest BCUT2D eigenvalue weighted by atomic mass is 10.0. The SMILES string of the molecule is COc1ncc2c(N3CC(C)NC(C)C3)ccc(C(=O)Nc3ccc4nc(C)ccc4c3)c2n1. The highest BCUT2D eigenvalue weighted by molar-refractivity contribution is 6.14. The second-order valence-electron chi connectivity index (χ2n) is 8.94. The Morgan fingerprint density at radius 2 is 1.88 bits per heavy atom. The van der Waals surface area contributed by atoms with Gasteiger partial charge in [-0.2, -0.15) is 4.98 Å². The van der Waals surface area contributed by atoms with Gasteiger partial charge in [0.15, 0.2) is 0 Å². The van der Waals surface area contributed by atoms with E-state index in [4.69, 9.17) is 4.74 Å². The van der Waals surface area contributed by atoms with E-state index in [0.29, 0.717) is 28.9 Å². The fourth-order valence-corrected chi connectivity index (χ4v) is 4.67. The van der Waals surface area contributed by atoms with E-state index in [2.05, 4.69) is 44.3 Å². The Morgan fingerprint density at radius 3 is 2.65 bits per heavy atom. The third kappa shape index (κ3) is 4.24. The number of fused-ring (bicyclic) bond motifs is 2. The number of piperazine rings is 1. The van der Waals surface area contributed by atoms with Crippen molar-refractivity contribution in [3.05, 3.63) is 59.9 Å². The normalized spacial score (nSPS) is 18.3. The molecule has 1 aliphatic rings. The molecule has 2 atom stereocenters. The van der Waals surface area contributed by atoms with Gasteiger partial charge in [0.1, 0.15) is 0 Å². The molecule has 0 aliphatic carbocycles. The Labute approximate surface area is 198 Å². The number of rotatable bonds is 4. The lowest BCUT2D eigenvalue weighted by Crippen LogP contribution is -2.54. The molecule has 1 saturated heterocycles. The molecule has 1 fully saturated rings. The molecule has 0 bridgehead atoms. The second-order valence-corrected chi connectivity index (χ2v) is 8.94. The van der Waals surface area contributed by atoms with Crippen LogP contribution in [0.25, 0.3) is 21.8 Å². The number of ether oxygens (including phenoxy) is 1. The van der Waals surface area contributed by atoms with Crippen molar-refractivity contribution < 1.29 is 9.53 Å². The largest absolute Gasteiger partial charge is 0.467 e. The Kier molecular flexibility index (Phi) is 5.75. The van der Waals surface area contributed by atoms with Crippen LogP contribution in [0.4, 0.5) is 11.4 Å². The number of pyridine rings is 1. The molecule has 2 N–H and O–H groups in total. The number of hydrogen-bond donors (Lipinski definition) is 2. The summed E-state index contributed by atoms with van der Waals surface area (Å²) >= 11 is 0. The molecular formula is C26H28N6O2. The predicted molar refractivity (Wildman–Crippen MR) is 135 cm³/mol. The molecule has 8 nitrogen and oxygen atoms in total. The number of hydrogen-bond acceptors (Lipinski definition) is 7. The van der Waals surface area contributed by atoms with Crippen molar-refractivity contribution in [2.24, 2.45) is 0 Å². The maximum Gasteiger partial charge on any atom is 0.316 e. The van der Waals surface area contributed by atoms with E-state index in [1.165, 1.54) is 7.11 Å². The van der Waals surface area contributed by atoms with Crippen molar-refractivity contribution in [3.63, 3.8) is 0 Å². The topological polar surface area (TPSA) is 92.3 Å². The number of aryl methyl sites for hydroxylation is 1. The molecular weight excluding hydrogens is 428 g/mol. The van der Waals surface area contributed by atoms with E-state index >= 15 is 0 Å². The maximum absolute atomic E-state index is 13.4. The third-order valence-corrected chi connectivity index (χ3v) is 6.12. The van der Waals surface area contributed by atoms with Gasteiger partial charge >= 0.3 is 6.01 Å². The van der Waals surface area contributed by atoms with Gasteiger partial charge in [-0.05, 0) is 57.2 Å². The molecule has 0 radical (unpaired) electrons. The van der Waals surface area contributed by atoms with Crippen molar-refractivity contribution in [1.82, 2.24) is 20.3 Å². The summed E-state index contributed by atoms with van der Waals surface area (Å²) < 4.78 is 5.27. The highest BCUT2D eigenvalue weighted by Gasteiger charge is 2.24. The van der Waals surface area contributed by atoms with Crippen LogP contribution >= 0.6 is 0 Å². The molecule has 2 unspecified atom stereocenters. The number of aromatic nitrogens is 3. The fourth-order valence-electron chi connectivity index (χ4n) is 4.67. The van der Waals surface area contributed by atoms with Crippen LogP contribution < -0.4 is 20.3 Å². The van der Waals surface area contributed by atoms with Crippen LogP contribution in [0.2, 0.25) is 0 Å². The first kappa shape index (κ1) is 22.0. The first-order valence-corrected chi connectivity index (χ1v) is 11.4. The molecule has 4 aromatic rings. The Morgan fingerprint density at radius 1 is 1.09 bits per heavy atom. The lowest BCUT2D eigenvalue weighted by Gasteiger charge is -2.38.